The quantitative estimate of drug-likeness (QED) is 0.843. The van der Waals surface area contributed by atoms with E-state index < -0.39 is 0 Å². The van der Waals surface area contributed by atoms with Crippen LogP contribution in [0.5, 0.6) is 0 Å². The van der Waals surface area contributed by atoms with E-state index in [2.05, 4.69) is 4.90 Å². The summed E-state index contributed by atoms with van der Waals surface area (Å²) in [5, 5.41) is 1.13. The van der Waals surface area contributed by atoms with Crippen LogP contribution in [-0.4, -0.2) is 35.0 Å². The Morgan fingerprint density at radius 2 is 1.84 bits per heavy atom. The summed E-state index contributed by atoms with van der Waals surface area (Å²) in [4.78, 5) is 14.7. The second-order valence-corrected chi connectivity index (χ2v) is 5.29. The number of nitrogens with zero attached hydrogens (tertiary/aromatic N) is 2. The first-order valence-electron chi connectivity index (χ1n) is 7.16. The zero-order valence-corrected chi connectivity index (χ0v) is 11.2. The van der Waals surface area contributed by atoms with Crippen molar-refractivity contribution in [2.24, 2.45) is 0 Å². The minimum atomic E-state index is 0.201. The summed E-state index contributed by atoms with van der Waals surface area (Å²) in [5.74, 6) is 0.201. The maximum Gasteiger partial charge on any atom is 0.232 e. The number of hydrogen-bond acceptors (Lipinski definition) is 2. The Balaban J connectivity index is 1.66. The molecule has 3 nitrogen and oxygen atoms in total. The molecule has 0 spiro atoms. The van der Waals surface area contributed by atoms with Crippen LogP contribution in [-0.2, 0) is 0 Å². The lowest BCUT2D eigenvalue weighted by Crippen LogP contribution is -2.32. The smallest absolute Gasteiger partial charge is 0.232 e. The Morgan fingerprint density at radius 1 is 1.05 bits per heavy atom. The van der Waals surface area contributed by atoms with Gasteiger partial charge < -0.3 is 4.90 Å². The van der Waals surface area contributed by atoms with Gasteiger partial charge in [-0.2, -0.15) is 0 Å². The minimum Gasteiger partial charge on any atom is -0.303 e. The van der Waals surface area contributed by atoms with Gasteiger partial charge in [-0.3, -0.25) is 9.36 Å². The zero-order chi connectivity index (χ0) is 13.1. The summed E-state index contributed by atoms with van der Waals surface area (Å²) in [6, 6.07) is 10.0. The molecule has 1 aromatic carbocycles. The molecule has 0 bridgehead atoms. The van der Waals surface area contributed by atoms with Crippen LogP contribution in [0.1, 0.15) is 30.5 Å². The summed E-state index contributed by atoms with van der Waals surface area (Å²) in [5.41, 5.74) is 1.02. The van der Waals surface area contributed by atoms with Gasteiger partial charge in [0.25, 0.3) is 0 Å². The van der Waals surface area contributed by atoms with Crippen molar-refractivity contribution in [1.82, 2.24) is 9.47 Å². The fourth-order valence-corrected chi connectivity index (χ4v) is 2.86. The summed E-state index contributed by atoms with van der Waals surface area (Å²) >= 11 is 0. The highest BCUT2D eigenvalue weighted by molar-refractivity contribution is 5.92. The van der Waals surface area contributed by atoms with Crippen molar-refractivity contribution in [3.05, 3.63) is 36.5 Å². The Morgan fingerprint density at radius 3 is 2.68 bits per heavy atom. The summed E-state index contributed by atoms with van der Waals surface area (Å²) in [6.45, 7) is 3.20. The summed E-state index contributed by atoms with van der Waals surface area (Å²) in [6.07, 6.45) is 6.40. The molecule has 2 heterocycles. The van der Waals surface area contributed by atoms with Gasteiger partial charge in [0.05, 0.1) is 5.52 Å². The molecule has 0 N–H and O–H groups in total. The van der Waals surface area contributed by atoms with Crippen molar-refractivity contribution < 1.29 is 4.79 Å². The highest BCUT2D eigenvalue weighted by Gasteiger charge is 2.13. The first-order chi connectivity index (χ1) is 9.34. The van der Waals surface area contributed by atoms with Crippen molar-refractivity contribution in [3.63, 3.8) is 0 Å². The molecule has 0 aliphatic carbocycles. The van der Waals surface area contributed by atoms with Gasteiger partial charge >= 0.3 is 0 Å². The zero-order valence-electron chi connectivity index (χ0n) is 11.2. The minimum absolute atomic E-state index is 0.201. The Bertz CT molecular complexity index is 567. The van der Waals surface area contributed by atoms with Crippen LogP contribution in [0.3, 0.4) is 0 Å². The Labute approximate surface area is 113 Å². The second kappa shape index (κ2) is 5.57. The average Bonchev–Trinajstić information content (AvgIpc) is 2.90. The molecule has 1 fully saturated rings. The number of carbonyl (C=O) groups excluding carboxylic acids is 1. The van der Waals surface area contributed by atoms with Crippen LogP contribution in [0.2, 0.25) is 0 Å². The van der Waals surface area contributed by atoms with Crippen LogP contribution in [0, 0.1) is 0 Å². The van der Waals surface area contributed by atoms with E-state index in [1.807, 2.05) is 36.5 Å². The van der Waals surface area contributed by atoms with Gasteiger partial charge in [0.1, 0.15) is 0 Å². The molecule has 1 aliphatic rings. The molecule has 0 saturated carbocycles. The van der Waals surface area contributed by atoms with Crippen LogP contribution in [0.15, 0.2) is 36.5 Å². The van der Waals surface area contributed by atoms with Crippen molar-refractivity contribution in [2.45, 2.75) is 25.7 Å². The molecular weight excluding hydrogens is 236 g/mol. The van der Waals surface area contributed by atoms with Crippen LogP contribution in [0.4, 0.5) is 0 Å². The van der Waals surface area contributed by atoms with Crippen molar-refractivity contribution in [2.75, 3.05) is 19.6 Å². The fourth-order valence-electron chi connectivity index (χ4n) is 2.86. The van der Waals surface area contributed by atoms with Gasteiger partial charge in [0, 0.05) is 24.5 Å². The Kier molecular flexibility index (Phi) is 3.65. The monoisotopic (exact) mass is 256 g/mol. The van der Waals surface area contributed by atoms with Gasteiger partial charge in [0.2, 0.25) is 5.91 Å². The lowest BCUT2D eigenvalue weighted by Gasteiger charge is -2.25. The van der Waals surface area contributed by atoms with E-state index in [0.29, 0.717) is 6.42 Å². The number of benzene rings is 1. The molecule has 1 aromatic heterocycles. The largest absolute Gasteiger partial charge is 0.303 e. The predicted molar refractivity (Wildman–Crippen MR) is 77.5 cm³/mol. The number of carbonyl (C=O) groups is 1. The first-order valence-corrected chi connectivity index (χ1v) is 7.16. The maximum absolute atomic E-state index is 12.3. The number of fused-ring (bicyclic) bond motifs is 1. The third-order valence-corrected chi connectivity index (χ3v) is 3.96. The van der Waals surface area contributed by atoms with E-state index in [9.17, 15) is 4.79 Å². The van der Waals surface area contributed by atoms with Gasteiger partial charge in [-0.15, -0.1) is 0 Å². The first kappa shape index (κ1) is 12.4. The summed E-state index contributed by atoms with van der Waals surface area (Å²) < 4.78 is 1.79. The van der Waals surface area contributed by atoms with E-state index in [4.69, 9.17) is 0 Å². The van der Waals surface area contributed by atoms with E-state index >= 15 is 0 Å². The van der Waals surface area contributed by atoms with Crippen molar-refractivity contribution in [3.8, 4) is 0 Å². The third kappa shape index (κ3) is 2.71. The van der Waals surface area contributed by atoms with E-state index in [1.165, 1.54) is 19.3 Å². The molecule has 0 atom stereocenters. The highest BCUT2D eigenvalue weighted by Crippen LogP contribution is 2.16. The molecule has 0 radical (unpaired) electrons. The molecule has 2 aromatic rings. The number of likely N-dealkylation sites (tertiary alicyclic amines) is 1. The third-order valence-electron chi connectivity index (χ3n) is 3.96. The van der Waals surface area contributed by atoms with Crippen molar-refractivity contribution in [1.29, 1.82) is 0 Å². The topological polar surface area (TPSA) is 25.2 Å². The molecule has 19 heavy (non-hydrogen) atoms. The number of hydrogen-bond donors (Lipinski definition) is 0. The van der Waals surface area contributed by atoms with Crippen LogP contribution in [0.25, 0.3) is 10.9 Å². The van der Waals surface area contributed by atoms with Crippen LogP contribution >= 0.6 is 0 Å². The van der Waals surface area contributed by atoms with Gasteiger partial charge in [0.15, 0.2) is 0 Å². The van der Waals surface area contributed by atoms with Crippen LogP contribution < -0.4 is 0 Å². The highest BCUT2D eigenvalue weighted by atomic mass is 16.2. The molecular formula is C16H20N2O. The van der Waals surface area contributed by atoms with E-state index in [0.717, 1.165) is 30.5 Å². The predicted octanol–water partition coefficient (Wildman–Crippen LogP) is 3.16. The molecule has 1 aliphatic heterocycles. The lowest BCUT2D eigenvalue weighted by molar-refractivity contribution is 0.0883. The van der Waals surface area contributed by atoms with E-state index in [1.54, 1.807) is 4.57 Å². The molecule has 3 rings (SSSR count). The number of rotatable bonds is 3. The van der Waals surface area contributed by atoms with Crippen molar-refractivity contribution >= 4 is 16.8 Å². The number of para-hydroxylation sites is 1. The standard InChI is InChI=1S/C16H20N2O/c19-16(9-12-17-10-4-1-5-11-17)18-13-8-14-6-2-3-7-15(14)18/h2-3,6-8,13H,1,4-5,9-12H2. The fraction of sp³-hybridized carbons (Fsp3) is 0.438. The lowest BCUT2D eigenvalue weighted by atomic mass is 10.1. The van der Waals surface area contributed by atoms with Gasteiger partial charge in [-0.25, -0.2) is 0 Å². The van der Waals surface area contributed by atoms with Gasteiger partial charge in [-0.05, 0) is 38.1 Å². The number of piperidine rings is 1. The molecule has 0 unspecified atom stereocenters. The maximum atomic E-state index is 12.3. The van der Waals surface area contributed by atoms with Gasteiger partial charge in [-0.1, -0.05) is 24.6 Å². The Hall–Kier alpha value is -1.61. The number of aromatic nitrogens is 1. The molecule has 3 heteroatoms. The van der Waals surface area contributed by atoms with E-state index in [-0.39, 0.29) is 5.91 Å². The molecule has 100 valence electrons. The summed E-state index contributed by atoms with van der Waals surface area (Å²) in [7, 11) is 0. The average molecular weight is 256 g/mol. The normalized spacial score (nSPS) is 16.8. The SMILES string of the molecule is O=C(CCN1CCCCC1)n1ccc2ccccc21. The second-order valence-electron chi connectivity index (χ2n) is 5.29. The molecule has 1 saturated heterocycles. The molecule has 0 amide bonds.